The first-order valence-corrected chi connectivity index (χ1v) is 6.21. The number of carbonyl (C=O) groups is 1. The van der Waals surface area contributed by atoms with Gasteiger partial charge in [-0.15, -0.1) is 11.3 Å². The summed E-state index contributed by atoms with van der Waals surface area (Å²) in [6, 6.07) is 3.81. The number of thiophene rings is 1. The minimum atomic E-state index is -0.149. The van der Waals surface area contributed by atoms with Crippen LogP contribution < -0.4 is 5.73 Å². The minimum Gasteiger partial charge on any atom is -0.397 e. The number of rotatable bonds is 3. The molecule has 0 aromatic carbocycles. The lowest BCUT2D eigenvalue weighted by molar-refractivity contribution is 0.0804. The quantitative estimate of drug-likeness (QED) is 0.913. The van der Waals surface area contributed by atoms with Crippen LogP contribution in [0.2, 0.25) is 0 Å². The highest BCUT2D eigenvalue weighted by atomic mass is 32.1. The lowest BCUT2D eigenvalue weighted by atomic mass is 10.2. The fourth-order valence-corrected chi connectivity index (χ4v) is 2.71. The van der Waals surface area contributed by atoms with Crippen molar-refractivity contribution in [2.75, 3.05) is 19.3 Å². The first kappa shape index (κ1) is 12.3. The third-order valence-corrected chi connectivity index (χ3v) is 3.78. The summed E-state index contributed by atoms with van der Waals surface area (Å²) in [6.45, 7) is 0.404. The number of pyridine rings is 1. The molecule has 6 heteroatoms. The topological polar surface area (TPSA) is 83.0 Å². The molecule has 0 aliphatic rings. The molecule has 0 bridgehead atoms. The monoisotopic (exact) mass is 260 g/mol. The molecule has 2 heterocycles. The predicted octanol–water partition coefficient (Wildman–Crippen LogP) is 1.86. The van der Waals surface area contributed by atoms with Crippen LogP contribution in [-0.2, 0) is 0 Å². The van der Waals surface area contributed by atoms with Gasteiger partial charge in [0.25, 0.3) is 5.91 Å². The van der Waals surface area contributed by atoms with Crippen molar-refractivity contribution in [1.29, 1.82) is 5.26 Å². The van der Waals surface area contributed by atoms with Crippen molar-refractivity contribution in [2.24, 2.45) is 0 Å². The summed E-state index contributed by atoms with van der Waals surface area (Å²) in [5.41, 5.74) is 6.47. The number of hydrogen-bond donors (Lipinski definition) is 1. The van der Waals surface area contributed by atoms with Gasteiger partial charge in [0, 0.05) is 31.4 Å². The van der Waals surface area contributed by atoms with Crippen LogP contribution in [0.3, 0.4) is 0 Å². The Morgan fingerprint density at radius 3 is 3.11 bits per heavy atom. The molecule has 0 aliphatic carbocycles. The van der Waals surface area contributed by atoms with Gasteiger partial charge in [-0.3, -0.25) is 9.78 Å². The molecule has 0 atom stereocenters. The maximum absolute atomic E-state index is 12.2. The average Bonchev–Trinajstić information content (AvgIpc) is 2.73. The maximum atomic E-state index is 12.2. The molecule has 2 aromatic rings. The summed E-state index contributed by atoms with van der Waals surface area (Å²) in [4.78, 5) is 18.2. The van der Waals surface area contributed by atoms with E-state index in [-0.39, 0.29) is 5.91 Å². The Morgan fingerprint density at radius 2 is 2.44 bits per heavy atom. The van der Waals surface area contributed by atoms with Crippen LogP contribution in [0.1, 0.15) is 16.1 Å². The Balaban J connectivity index is 2.34. The van der Waals surface area contributed by atoms with E-state index in [1.54, 1.807) is 25.5 Å². The second kappa shape index (κ2) is 5.02. The van der Waals surface area contributed by atoms with Crippen LogP contribution in [0.15, 0.2) is 18.5 Å². The highest BCUT2D eigenvalue weighted by molar-refractivity contribution is 7.21. The first-order valence-electron chi connectivity index (χ1n) is 5.39. The number of nitrogens with zero attached hydrogens (tertiary/aromatic N) is 3. The van der Waals surface area contributed by atoms with Crippen molar-refractivity contribution in [3.63, 3.8) is 0 Å². The molecule has 1 amide bonds. The average molecular weight is 260 g/mol. The third-order valence-electron chi connectivity index (χ3n) is 2.63. The second-order valence-electron chi connectivity index (χ2n) is 3.85. The molecule has 0 saturated heterocycles. The highest BCUT2D eigenvalue weighted by Crippen LogP contribution is 2.33. The van der Waals surface area contributed by atoms with Gasteiger partial charge in [0.05, 0.1) is 22.9 Å². The number of carbonyl (C=O) groups excluding carboxylic acids is 1. The summed E-state index contributed by atoms with van der Waals surface area (Å²) < 4.78 is 0.895. The zero-order valence-electron chi connectivity index (χ0n) is 9.88. The lowest BCUT2D eigenvalue weighted by Crippen LogP contribution is -2.27. The van der Waals surface area contributed by atoms with Crippen LogP contribution in [-0.4, -0.2) is 29.4 Å². The summed E-state index contributed by atoms with van der Waals surface area (Å²) >= 11 is 1.33. The van der Waals surface area contributed by atoms with E-state index in [0.29, 0.717) is 23.5 Å². The summed E-state index contributed by atoms with van der Waals surface area (Å²) in [5.74, 6) is -0.149. The van der Waals surface area contributed by atoms with Gasteiger partial charge in [-0.1, -0.05) is 0 Å². The number of hydrogen-bond acceptors (Lipinski definition) is 5. The Kier molecular flexibility index (Phi) is 3.44. The molecule has 0 unspecified atom stereocenters. The SMILES string of the molecule is CN(CCC#N)C(=O)c1sc2cnccc2c1N. The number of aromatic nitrogens is 1. The van der Waals surface area contributed by atoms with Gasteiger partial charge in [0.2, 0.25) is 0 Å². The first-order chi connectivity index (χ1) is 8.65. The van der Waals surface area contributed by atoms with E-state index in [1.165, 1.54) is 16.2 Å². The molecule has 18 heavy (non-hydrogen) atoms. The fourth-order valence-electron chi connectivity index (χ4n) is 1.62. The smallest absolute Gasteiger partial charge is 0.265 e. The van der Waals surface area contributed by atoms with Gasteiger partial charge in [-0.05, 0) is 6.07 Å². The summed E-state index contributed by atoms with van der Waals surface area (Å²) in [6.07, 6.45) is 3.66. The molecule has 0 aliphatic heterocycles. The van der Waals surface area contributed by atoms with E-state index in [9.17, 15) is 4.79 Å². The molecule has 0 spiro atoms. The minimum absolute atomic E-state index is 0.149. The molecule has 0 radical (unpaired) electrons. The third kappa shape index (κ3) is 2.13. The zero-order valence-corrected chi connectivity index (χ0v) is 10.7. The predicted molar refractivity (Wildman–Crippen MR) is 71.2 cm³/mol. The Morgan fingerprint density at radius 1 is 1.67 bits per heavy atom. The number of amides is 1. The number of fused-ring (bicyclic) bond motifs is 1. The van der Waals surface area contributed by atoms with Crippen molar-refractivity contribution in [3.8, 4) is 6.07 Å². The molecule has 0 fully saturated rings. The van der Waals surface area contributed by atoms with Crippen LogP contribution in [0.4, 0.5) is 5.69 Å². The van der Waals surface area contributed by atoms with Gasteiger partial charge in [-0.2, -0.15) is 5.26 Å². The van der Waals surface area contributed by atoms with E-state index >= 15 is 0 Å². The Hall–Kier alpha value is -2.13. The number of nitriles is 1. The number of anilines is 1. The van der Waals surface area contributed by atoms with Crippen molar-refractivity contribution < 1.29 is 4.79 Å². The van der Waals surface area contributed by atoms with Gasteiger partial charge >= 0.3 is 0 Å². The van der Waals surface area contributed by atoms with Gasteiger partial charge < -0.3 is 10.6 Å². The van der Waals surface area contributed by atoms with Gasteiger partial charge in [-0.25, -0.2) is 0 Å². The van der Waals surface area contributed by atoms with Crippen molar-refractivity contribution >= 4 is 33.0 Å². The Labute approximate surface area is 108 Å². The molecule has 2 aromatic heterocycles. The largest absolute Gasteiger partial charge is 0.397 e. The summed E-state index contributed by atoms with van der Waals surface area (Å²) in [7, 11) is 1.67. The van der Waals surface area contributed by atoms with E-state index in [4.69, 9.17) is 11.0 Å². The number of nitrogens with two attached hydrogens (primary N) is 1. The lowest BCUT2D eigenvalue weighted by Gasteiger charge is -2.14. The number of nitrogen functional groups attached to an aromatic ring is 1. The van der Waals surface area contributed by atoms with Crippen molar-refractivity contribution in [1.82, 2.24) is 9.88 Å². The standard InChI is InChI=1S/C12H12N4OS/c1-16(6-2-4-13)12(17)11-10(14)8-3-5-15-7-9(8)18-11/h3,5,7H,2,6,14H2,1H3. The molecule has 2 N–H and O–H groups in total. The normalized spacial score (nSPS) is 10.2. The molecule has 5 nitrogen and oxygen atoms in total. The van der Waals surface area contributed by atoms with Crippen LogP contribution >= 0.6 is 11.3 Å². The fraction of sp³-hybridized carbons (Fsp3) is 0.250. The van der Waals surface area contributed by atoms with Crippen molar-refractivity contribution in [2.45, 2.75) is 6.42 Å². The van der Waals surface area contributed by atoms with E-state index < -0.39 is 0 Å². The van der Waals surface area contributed by atoms with Crippen LogP contribution in [0, 0.1) is 11.3 Å². The zero-order chi connectivity index (χ0) is 13.1. The van der Waals surface area contributed by atoms with E-state index in [0.717, 1.165) is 10.1 Å². The summed E-state index contributed by atoms with van der Waals surface area (Å²) in [5, 5.41) is 9.37. The molecular weight excluding hydrogens is 248 g/mol. The second-order valence-corrected chi connectivity index (χ2v) is 4.90. The molecule has 0 saturated carbocycles. The van der Waals surface area contributed by atoms with Crippen molar-refractivity contribution in [3.05, 3.63) is 23.3 Å². The van der Waals surface area contributed by atoms with Gasteiger partial charge in [0.15, 0.2) is 0 Å². The van der Waals surface area contributed by atoms with Gasteiger partial charge in [0.1, 0.15) is 4.88 Å². The Bertz CT molecular complexity index is 629. The van der Waals surface area contributed by atoms with E-state index in [1.807, 2.05) is 6.07 Å². The van der Waals surface area contributed by atoms with Crippen LogP contribution in [0.25, 0.3) is 10.1 Å². The highest BCUT2D eigenvalue weighted by Gasteiger charge is 2.19. The maximum Gasteiger partial charge on any atom is 0.265 e. The van der Waals surface area contributed by atoms with Crippen LogP contribution in [0.5, 0.6) is 0 Å². The molecular formula is C12H12N4OS. The van der Waals surface area contributed by atoms with E-state index in [2.05, 4.69) is 4.98 Å². The molecule has 2 rings (SSSR count). The molecule has 92 valence electrons.